The Bertz CT molecular complexity index is 832. The SMILES string of the molecule is Cn1ncnc1OCCCN1CCN(c2cc(C3CCC3)nc(C(C)(C)C)n2)CC1. The van der Waals surface area contributed by atoms with Crippen LogP contribution in [0.1, 0.15) is 63.9 Å². The summed E-state index contributed by atoms with van der Waals surface area (Å²) in [5.41, 5.74) is 1.22. The van der Waals surface area contributed by atoms with Crippen LogP contribution in [0, 0.1) is 0 Å². The van der Waals surface area contributed by atoms with Gasteiger partial charge < -0.3 is 9.64 Å². The van der Waals surface area contributed by atoms with Gasteiger partial charge in [0.1, 0.15) is 18.0 Å². The lowest BCUT2D eigenvalue weighted by atomic mass is 9.82. The molecule has 0 atom stereocenters. The number of anilines is 1. The number of nitrogens with zero attached hydrogens (tertiary/aromatic N) is 7. The Kier molecular flexibility index (Phi) is 6.22. The molecule has 2 aromatic rings. The first-order valence-corrected chi connectivity index (χ1v) is 11.2. The maximum Gasteiger partial charge on any atom is 0.314 e. The largest absolute Gasteiger partial charge is 0.464 e. The zero-order valence-electron chi connectivity index (χ0n) is 18.8. The van der Waals surface area contributed by atoms with Crippen LogP contribution in [-0.4, -0.2) is 69.0 Å². The van der Waals surface area contributed by atoms with E-state index in [1.165, 1.54) is 31.3 Å². The third-order valence-electron chi connectivity index (χ3n) is 6.14. The second-order valence-electron chi connectivity index (χ2n) is 9.55. The summed E-state index contributed by atoms with van der Waals surface area (Å²) >= 11 is 0. The molecule has 0 amide bonds. The molecule has 0 bridgehead atoms. The quantitative estimate of drug-likeness (QED) is 0.646. The molecular weight excluding hydrogens is 378 g/mol. The number of hydrogen-bond acceptors (Lipinski definition) is 7. The minimum atomic E-state index is -0.0287. The van der Waals surface area contributed by atoms with Crippen LogP contribution in [0.2, 0.25) is 0 Å². The minimum Gasteiger partial charge on any atom is -0.464 e. The summed E-state index contributed by atoms with van der Waals surface area (Å²) in [4.78, 5) is 18.9. The topological polar surface area (TPSA) is 72.2 Å². The van der Waals surface area contributed by atoms with E-state index in [9.17, 15) is 0 Å². The van der Waals surface area contributed by atoms with Crippen molar-refractivity contribution in [3.05, 3.63) is 23.9 Å². The van der Waals surface area contributed by atoms with Crippen LogP contribution >= 0.6 is 0 Å². The molecule has 0 unspecified atom stereocenters. The summed E-state index contributed by atoms with van der Waals surface area (Å²) in [5.74, 6) is 2.72. The van der Waals surface area contributed by atoms with Gasteiger partial charge in [-0.2, -0.15) is 10.1 Å². The summed E-state index contributed by atoms with van der Waals surface area (Å²) in [5, 5.41) is 4.02. The molecule has 3 heterocycles. The molecule has 4 rings (SSSR count). The number of hydrogen-bond donors (Lipinski definition) is 0. The maximum atomic E-state index is 5.69. The Balaban J connectivity index is 1.30. The molecule has 1 aliphatic carbocycles. The van der Waals surface area contributed by atoms with E-state index >= 15 is 0 Å². The van der Waals surface area contributed by atoms with Gasteiger partial charge in [-0.05, 0) is 19.3 Å². The molecule has 1 aliphatic heterocycles. The summed E-state index contributed by atoms with van der Waals surface area (Å²) in [6.45, 7) is 12.4. The Hall–Kier alpha value is -2.22. The van der Waals surface area contributed by atoms with E-state index in [2.05, 4.69) is 46.7 Å². The van der Waals surface area contributed by atoms with Gasteiger partial charge in [-0.1, -0.05) is 27.2 Å². The first-order valence-electron chi connectivity index (χ1n) is 11.2. The van der Waals surface area contributed by atoms with Crippen molar-refractivity contribution in [3.8, 4) is 6.01 Å². The highest BCUT2D eigenvalue weighted by Crippen LogP contribution is 2.37. The van der Waals surface area contributed by atoms with E-state index < -0.39 is 0 Å². The fourth-order valence-corrected chi connectivity index (χ4v) is 3.93. The molecule has 0 spiro atoms. The molecular formula is C22H35N7O. The fraction of sp³-hybridized carbons (Fsp3) is 0.727. The molecule has 2 aromatic heterocycles. The molecule has 0 N–H and O–H groups in total. The van der Waals surface area contributed by atoms with Gasteiger partial charge in [0.25, 0.3) is 0 Å². The van der Waals surface area contributed by atoms with Gasteiger partial charge in [0.15, 0.2) is 0 Å². The molecule has 164 valence electrons. The van der Waals surface area contributed by atoms with Crippen molar-refractivity contribution in [1.29, 1.82) is 0 Å². The lowest BCUT2D eigenvalue weighted by molar-refractivity contribution is 0.214. The highest BCUT2D eigenvalue weighted by Gasteiger charge is 2.27. The van der Waals surface area contributed by atoms with E-state index in [0.29, 0.717) is 18.5 Å². The van der Waals surface area contributed by atoms with Crippen molar-refractivity contribution >= 4 is 5.82 Å². The normalized spacial score (nSPS) is 18.5. The zero-order chi connectivity index (χ0) is 21.1. The standard InChI is InChI=1S/C22H35N7O/c1-22(2,3)20-25-18(17-7-5-8-17)15-19(26-20)29-12-10-28(11-13-29)9-6-14-30-21-23-16-24-27(21)4/h15-17H,5-14H2,1-4H3. The van der Waals surface area contributed by atoms with Crippen molar-refractivity contribution in [2.24, 2.45) is 7.05 Å². The third-order valence-corrected chi connectivity index (χ3v) is 6.14. The van der Waals surface area contributed by atoms with Crippen molar-refractivity contribution in [1.82, 2.24) is 29.6 Å². The van der Waals surface area contributed by atoms with Gasteiger partial charge >= 0.3 is 6.01 Å². The Morgan fingerprint density at radius 1 is 1.10 bits per heavy atom. The highest BCUT2D eigenvalue weighted by molar-refractivity contribution is 5.42. The summed E-state index contributed by atoms with van der Waals surface area (Å²) < 4.78 is 7.35. The van der Waals surface area contributed by atoms with Gasteiger partial charge in [0.05, 0.1) is 6.61 Å². The van der Waals surface area contributed by atoms with E-state index in [1.54, 1.807) is 4.68 Å². The van der Waals surface area contributed by atoms with Gasteiger partial charge in [-0.25, -0.2) is 14.6 Å². The molecule has 1 saturated carbocycles. The molecule has 1 saturated heterocycles. The monoisotopic (exact) mass is 413 g/mol. The van der Waals surface area contributed by atoms with Crippen LogP contribution in [0.4, 0.5) is 5.82 Å². The van der Waals surface area contributed by atoms with Gasteiger partial charge in [0.2, 0.25) is 0 Å². The van der Waals surface area contributed by atoms with E-state index in [0.717, 1.165) is 50.8 Å². The average Bonchev–Trinajstić information content (AvgIpc) is 3.08. The van der Waals surface area contributed by atoms with Crippen LogP contribution in [0.5, 0.6) is 6.01 Å². The van der Waals surface area contributed by atoms with Gasteiger partial charge in [-0.15, -0.1) is 0 Å². The van der Waals surface area contributed by atoms with Crippen molar-refractivity contribution in [2.45, 2.75) is 57.8 Å². The molecule has 2 fully saturated rings. The molecule has 30 heavy (non-hydrogen) atoms. The molecule has 0 radical (unpaired) electrons. The lowest BCUT2D eigenvalue weighted by Gasteiger charge is -2.36. The number of piperazine rings is 1. The lowest BCUT2D eigenvalue weighted by Crippen LogP contribution is -2.47. The third kappa shape index (κ3) is 4.91. The first-order chi connectivity index (χ1) is 14.4. The van der Waals surface area contributed by atoms with Crippen LogP contribution in [0.3, 0.4) is 0 Å². The van der Waals surface area contributed by atoms with E-state index in [1.807, 2.05) is 7.05 Å². The number of aromatic nitrogens is 5. The molecule has 2 aliphatic rings. The average molecular weight is 414 g/mol. The molecule has 8 heteroatoms. The van der Waals surface area contributed by atoms with Crippen LogP contribution in [0.25, 0.3) is 0 Å². The maximum absolute atomic E-state index is 5.69. The smallest absolute Gasteiger partial charge is 0.314 e. The first kappa shape index (κ1) is 21.0. The summed E-state index contributed by atoms with van der Waals surface area (Å²) in [7, 11) is 1.84. The second kappa shape index (κ2) is 8.88. The number of ether oxygens (including phenoxy) is 1. The Morgan fingerprint density at radius 2 is 1.87 bits per heavy atom. The van der Waals surface area contributed by atoms with Gasteiger partial charge in [-0.3, -0.25) is 4.90 Å². The predicted octanol–water partition coefficient (Wildman–Crippen LogP) is 2.76. The molecule has 0 aromatic carbocycles. The summed E-state index contributed by atoms with van der Waals surface area (Å²) in [6, 6.07) is 2.84. The van der Waals surface area contributed by atoms with Crippen LogP contribution < -0.4 is 9.64 Å². The fourth-order valence-electron chi connectivity index (χ4n) is 3.93. The van der Waals surface area contributed by atoms with Crippen LogP contribution in [-0.2, 0) is 12.5 Å². The minimum absolute atomic E-state index is 0.0287. The second-order valence-corrected chi connectivity index (χ2v) is 9.55. The van der Waals surface area contributed by atoms with Crippen molar-refractivity contribution < 1.29 is 4.74 Å². The van der Waals surface area contributed by atoms with E-state index in [4.69, 9.17) is 14.7 Å². The number of rotatable bonds is 7. The molecule has 8 nitrogen and oxygen atoms in total. The van der Waals surface area contributed by atoms with Gasteiger partial charge in [0, 0.05) is 62.9 Å². The van der Waals surface area contributed by atoms with Crippen molar-refractivity contribution in [3.63, 3.8) is 0 Å². The Morgan fingerprint density at radius 3 is 2.47 bits per heavy atom. The highest BCUT2D eigenvalue weighted by atomic mass is 16.5. The Labute approximate surface area is 179 Å². The van der Waals surface area contributed by atoms with Crippen LogP contribution in [0.15, 0.2) is 12.4 Å². The van der Waals surface area contributed by atoms with Crippen molar-refractivity contribution in [2.75, 3.05) is 44.2 Å². The number of aryl methyl sites for hydroxylation is 1. The predicted molar refractivity (Wildman–Crippen MR) is 117 cm³/mol. The zero-order valence-corrected chi connectivity index (χ0v) is 18.8. The van der Waals surface area contributed by atoms with E-state index in [-0.39, 0.29) is 5.41 Å². The summed E-state index contributed by atoms with van der Waals surface area (Å²) in [6.07, 6.45) is 6.37.